The molecule has 1 nitrogen and oxygen atoms in total. The molecule has 116 valence electrons. The minimum Gasteiger partial charge on any atom is -0.547 e. The van der Waals surface area contributed by atoms with Gasteiger partial charge in [0.25, 0.3) is 0 Å². The summed E-state index contributed by atoms with van der Waals surface area (Å²) in [6, 6.07) is 16.8. The minimum absolute atomic E-state index is 0.114. The molecule has 0 spiro atoms. The SMILES string of the molecule is C=C(c1ccccc1)c1ccc(C(C)(C)C)cc1O[SiH](C)C. The van der Waals surface area contributed by atoms with Crippen molar-refractivity contribution >= 4 is 14.6 Å². The van der Waals surface area contributed by atoms with Crippen LogP contribution >= 0.6 is 0 Å². The summed E-state index contributed by atoms with van der Waals surface area (Å²) in [7, 11) is -1.18. The van der Waals surface area contributed by atoms with Gasteiger partial charge in [-0.1, -0.05) is 69.8 Å². The normalized spacial score (nSPS) is 11.5. The van der Waals surface area contributed by atoms with Crippen LogP contribution in [0.15, 0.2) is 55.1 Å². The molecule has 2 rings (SSSR count). The summed E-state index contributed by atoms with van der Waals surface area (Å²) in [5.74, 6) is 0.975. The highest BCUT2D eigenvalue weighted by Gasteiger charge is 2.18. The first kappa shape index (κ1) is 16.6. The molecule has 2 aromatic rings. The predicted molar refractivity (Wildman–Crippen MR) is 99.2 cm³/mol. The average molecular weight is 311 g/mol. The van der Waals surface area contributed by atoms with E-state index < -0.39 is 9.04 Å². The second kappa shape index (κ2) is 6.53. The van der Waals surface area contributed by atoms with Gasteiger partial charge in [0.2, 0.25) is 9.04 Å². The van der Waals surface area contributed by atoms with E-state index in [1.165, 1.54) is 5.56 Å². The number of rotatable bonds is 4. The van der Waals surface area contributed by atoms with E-state index in [4.69, 9.17) is 4.43 Å². The molecule has 0 N–H and O–H groups in total. The van der Waals surface area contributed by atoms with E-state index in [0.29, 0.717) is 0 Å². The Bertz CT molecular complexity index is 651. The molecule has 0 aliphatic rings. The van der Waals surface area contributed by atoms with E-state index in [1.807, 2.05) is 18.2 Å². The van der Waals surface area contributed by atoms with Gasteiger partial charge in [0.05, 0.1) is 0 Å². The highest BCUT2D eigenvalue weighted by molar-refractivity contribution is 6.49. The summed E-state index contributed by atoms with van der Waals surface area (Å²) in [5.41, 5.74) is 4.66. The fraction of sp³-hybridized carbons (Fsp3) is 0.300. The van der Waals surface area contributed by atoms with E-state index in [1.54, 1.807) is 0 Å². The molecular weight excluding hydrogens is 284 g/mol. The maximum atomic E-state index is 6.20. The maximum absolute atomic E-state index is 6.20. The van der Waals surface area contributed by atoms with Crippen molar-refractivity contribution in [2.45, 2.75) is 39.3 Å². The Morgan fingerprint density at radius 2 is 1.64 bits per heavy atom. The largest absolute Gasteiger partial charge is 0.547 e. The Kier molecular flexibility index (Phi) is 4.92. The maximum Gasteiger partial charge on any atom is 0.229 e. The molecule has 22 heavy (non-hydrogen) atoms. The summed E-state index contributed by atoms with van der Waals surface area (Å²) in [5, 5.41) is 0. The van der Waals surface area contributed by atoms with Crippen molar-refractivity contribution in [2.24, 2.45) is 0 Å². The van der Waals surface area contributed by atoms with E-state index in [9.17, 15) is 0 Å². The van der Waals surface area contributed by atoms with Crippen LogP contribution in [0.25, 0.3) is 5.57 Å². The molecule has 2 heteroatoms. The van der Waals surface area contributed by atoms with Crippen LogP contribution in [0.5, 0.6) is 5.75 Å². The summed E-state index contributed by atoms with van der Waals surface area (Å²) >= 11 is 0. The molecule has 0 saturated heterocycles. The van der Waals surface area contributed by atoms with Crippen molar-refractivity contribution in [3.63, 3.8) is 0 Å². The molecule has 0 unspecified atom stereocenters. The van der Waals surface area contributed by atoms with Crippen molar-refractivity contribution in [1.82, 2.24) is 0 Å². The van der Waals surface area contributed by atoms with Gasteiger partial charge in [-0.15, -0.1) is 0 Å². The third-order valence-electron chi connectivity index (χ3n) is 3.66. The molecular formula is C20H26OSi. The Labute approximate surface area is 136 Å². The second-order valence-corrected chi connectivity index (χ2v) is 9.31. The zero-order chi connectivity index (χ0) is 16.3. The van der Waals surface area contributed by atoms with Crippen LogP contribution in [0.4, 0.5) is 0 Å². The molecule has 2 aromatic carbocycles. The summed E-state index contributed by atoms with van der Waals surface area (Å²) in [6.45, 7) is 15.4. The van der Waals surface area contributed by atoms with E-state index in [0.717, 1.165) is 22.4 Å². The van der Waals surface area contributed by atoms with Gasteiger partial charge >= 0.3 is 0 Å². The lowest BCUT2D eigenvalue weighted by molar-refractivity contribution is 0.559. The number of benzene rings is 2. The molecule has 0 aliphatic carbocycles. The lowest BCUT2D eigenvalue weighted by atomic mass is 9.85. The van der Waals surface area contributed by atoms with Crippen molar-refractivity contribution in [3.8, 4) is 5.75 Å². The topological polar surface area (TPSA) is 9.23 Å². The van der Waals surface area contributed by atoms with Crippen LogP contribution < -0.4 is 4.43 Å². The molecule has 0 heterocycles. The Morgan fingerprint density at radius 1 is 1.00 bits per heavy atom. The average Bonchev–Trinajstić information content (AvgIpc) is 2.46. The van der Waals surface area contributed by atoms with Crippen LogP contribution in [0, 0.1) is 0 Å². The fourth-order valence-corrected chi connectivity index (χ4v) is 3.09. The lowest BCUT2D eigenvalue weighted by Crippen LogP contribution is -2.15. The van der Waals surface area contributed by atoms with Gasteiger partial charge < -0.3 is 4.43 Å². The molecule has 0 radical (unpaired) electrons. The molecule has 0 fully saturated rings. The van der Waals surface area contributed by atoms with Gasteiger partial charge in [-0.05, 0) is 41.3 Å². The monoisotopic (exact) mass is 310 g/mol. The third-order valence-corrected chi connectivity index (χ3v) is 4.38. The first-order valence-electron chi connectivity index (χ1n) is 7.85. The molecule has 0 saturated carbocycles. The molecule has 0 amide bonds. The Morgan fingerprint density at radius 3 is 2.18 bits per heavy atom. The smallest absolute Gasteiger partial charge is 0.229 e. The van der Waals surface area contributed by atoms with Crippen molar-refractivity contribution in [2.75, 3.05) is 0 Å². The van der Waals surface area contributed by atoms with Gasteiger partial charge in [0.1, 0.15) is 5.75 Å². The second-order valence-electron chi connectivity index (χ2n) is 6.97. The number of hydrogen-bond donors (Lipinski definition) is 0. The van der Waals surface area contributed by atoms with Crippen molar-refractivity contribution in [1.29, 1.82) is 0 Å². The van der Waals surface area contributed by atoms with Crippen molar-refractivity contribution in [3.05, 3.63) is 71.8 Å². The van der Waals surface area contributed by atoms with E-state index >= 15 is 0 Å². The van der Waals surface area contributed by atoms with E-state index in [-0.39, 0.29) is 5.41 Å². The van der Waals surface area contributed by atoms with Crippen molar-refractivity contribution < 1.29 is 4.43 Å². The zero-order valence-corrected chi connectivity index (χ0v) is 15.5. The number of hydrogen-bond acceptors (Lipinski definition) is 1. The highest BCUT2D eigenvalue weighted by Crippen LogP contribution is 2.34. The first-order chi connectivity index (χ1) is 10.3. The lowest BCUT2D eigenvalue weighted by Gasteiger charge is -2.23. The zero-order valence-electron chi connectivity index (χ0n) is 14.3. The van der Waals surface area contributed by atoms with Crippen LogP contribution in [0.1, 0.15) is 37.5 Å². The standard InChI is InChI=1S/C20H26OSi/c1-15(16-10-8-7-9-11-16)18-13-12-17(20(2,3)4)14-19(18)21-22(5)6/h7-14,22H,1H2,2-6H3. The van der Waals surface area contributed by atoms with Gasteiger partial charge in [-0.25, -0.2) is 0 Å². The Balaban J connectivity index is 2.48. The van der Waals surface area contributed by atoms with Crippen LogP contribution in [0.3, 0.4) is 0 Å². The fourth-order valence-electron chi connectivity index (χ4n) is 2.38. The summed E-state index contributed by atoms with van der Waals surface area (Å²) in [4.78, 5) is 0. The molecule has 0 aliphatic heterocycles. The quantitative estimate of drug-likeness (QED) is 0.686. The highest BCUT2D eigenvalue weighted by atomic mass is 28.3. The van der Waals surface area contributed by atoms with Gasteiger partial charge in [-0.2, -0.15) is 0 Å². The third kappa shape index (κ3) is 3.89. The van der Waals surface area contributed by atoms with Gasteiger partial charge in [-0.3, -0.25) is 0 Å². The van der Waals surface area contributed by atoms with Crippen LogP contribution in [-0.2, 0) is 5.41 Å². The Hall–Kier alpha value is -1.80. The van der Waals surface area contributed by atoms with Crippen LogP contribution in [0.2, 0.25) is 13.1 Å². The summed E-state index contributed by atoms with van der Waals surface area (Å²) in [6.07, 6.45) is 0. The predicted octanol–water partition coefficient (Wildman–Crippen LogP) is 5.41. The molecule has 0 bridgehead atoms. The van der Waals surface area contributed by atoms with E-state index in [2.05, 4.69) is 70.8 Å². The molecule has 0 aromatic heterocycles. The van der Waals surface area contributed by atoms with Gasteiger partial charge in [0.15, 0.2) is 0 Å². The minimum atomic E-state index is -1.18. The summed E-state index contributed by atoms with van der Waals surface area (Å²) < 4.78 is 6.20. The molecule has 0 atom stereocenters. The first-order valence-corrected chi connectivity index (χ1v) is 10.6. The van der Waals surface area contributed by atoms with Gasteiger partial charge in [0, 0.05) is 5.56 Å². The van der Waals surface area contributed by atoms with Crippen LogP contribution in [-0.4, -0.2) is 9.04 Å².